The Balaban J connectivity index is 2.07. The van der Waals surface area contributed by atoms with Crippen LogP contribution in [0.2, 0.25) is 0 Å². The van der Waals surface area contributed by atoms with Crippen molar-refractivity contribution in [1.29, 1.82) is 0 Å². The summed E-state index contributed by atoms with van der Waals surface area (Å²) in [5.41, 5.74) is 0.894. The van der Waals surface area contributed by atoms with Crippen LogP contribution in [0.25, 0.3) is 27.4 Å². The normalized spacial score (nSPS) is 11.1. The van der Waals surface area contributed by atoms with Crippen LogP contribution in [-0.4, -0.2) is 20.0 Å². The minimum atomic E-state index is -0.400. The zero-order valence-electron chi connectivity index (χ0n) is 11.3. The first-order valence-corrected chi connectivity index (χ1v) is 6.62. The standard InChI is InChI=1S/C16H9FN4O/c17-11-5-6-12-10(7-11)8-19-21(16(12)22)15-9-18-20-14-4-2-1-3-13(14)15/h1-9H. The molecule has 0 radical (unpaired) electrons. The van der Waals surface area contributed by atoms with Gasteiger partial charge in [-0.25, -0.2) is 4.39 Å². The quantitative estimate of drug-likeness (QED) is 0.540. The summed E-state index contributed by atoms with van der Waals surface area (Å²) in [5, 5.41) is 13.7. The van der Waals surface area contributed by atoms with E-state index >= 15 is 0 Å². The molecule has 0 aliphatic rings. The fraction of sp³-hybridized carbons (Fsp3) is 0. The zero-order chi connectivity index (χ0) is 15.1. The first-order chi connectivity index (χ1) is 10.7. The van der Waals surface area contributed by atoms with Crippen molar-refractivity contribution >= 4 is 21.7 Å². The maximum Gasteiger partial charge on any atom is 0.279 e. The number of nitrogens with zero attached hydrogens (tertiary/aromatic N) is 4. The Bertz CT molecular complexity index is 1070. The van der Waals surface area contributed by atoms with Gasteiger partial charge in [0.1, 0.15) is 5.82 Å². The second kappa shape index (κ2) is 4.70. The Morgan fingerprint density at radius 3 is 2.77 bits per heavy atom. The van der Waals surface area contributed by atoms with Crippen molar-refractivity contribution in [3.8, 4) is 5.69 Å². The number of fused-ring (bicyclic) bond motifs is 2. The van der Waals surface area contributed by atoms with Gasteiger partial charge < -0.3 is 0 Å². The third-order valence-electron chi connectivity index (χ3n) is 3.50. The minimum absolute atomic E-state index is 0.323. The second-order valence-electron chi connectivity index (χ2n) is 4.84. The highest BCUT2D eigenvalue weighted by molar-refractivity contribution is 5.87. The van der Waals surface area contributed by atoms with Crippen LogP contribution in [0.1, 0.15) is 0 Å². The van der Waals surface area contributed by atoms with Gasteiger partial charge in [-0.2, -0.15) is 20.0 Å². The van der Waals surface area contributed by atoms with E-state index in [9.17, 15) is 9.18 Å². The lowest BCUT2D eigenvalue weighted by molar-refractivity contribution is 0.629. The van der Waals surface area contributed by atoms with Crippen molar-refractivity contribution in [1.82, 2.24) is 20.0 Å². The van der Waals surface area contributed by atoms with Gasteiger partial charge >= 0.3 is 0 Å². The van der Waals surface area contributed by atoms with E-state index in [1.54, 1.807) is 0 Å². The van der Waals surface area contributed by atoms with Crippen molar-refractivity contribution in [3.05, 3.63) is 71.0 Å². The van der Waals surface area contributed by atoms with Crippen molar-refractivity contribution < 1.29 is 4.39 Å². The second-order valence-corrected chi connectivity index (χ2v) is 4.84. The number of halogens is 1. The van der Waals surface area contributed by atoms with Crippen LogP contribution < -0.4 is 5.56 Å². The van der Waals surface area contributed by atoms with E-state index in [4.69, 9.17) is 0 Å². The summed E-state index contributed by atoms with van der Waals surface area (Å²) in [6, 6.07) is 11.4. The topological polar surface area (TPSA) is 60.7 Å². The van der Waals surface area contributed by atoms with E-state index in [0.29, 0.717) is 22.0 Å². The third-order valence-corrected chi connectivity index (χ3v) is 3.50. The van der Waals surface area contributed by atoms with Gasteiger partial charge in [0.25, 0.3) is 5.56 Å². The Morgan fingerprint density at radius 2 is 1.86 bits per heavy atom. The molecule has 0 atom stereocenters. The first-order valence-electron chi connectivity index (χ1n) is 6.62. The lowest BCUT2D eigenvalue weighted by atomic mass is 10.2. The van der Waals surface area contributed by atoms with Gasteiger partial charge in [0.15, 0.2) is 0 Å². The van der Waals surface area contributed by atoms with Crippen molar-refractivity contribution in [2.24, 2.45) is 0 Å². The van der Waals surface area contributed by atoms with Gasteiger partial charge in [-0.05, 0) is 24.3 Å². The molecule has 0 saturated carbocycles. The van der Waals surface area contributed by atoms with Gasteiger partial charge in [-0.15, -0.1) is 0 Å². The molecular weight excluding hydrogens is 283 g/mol. The Labute approximate surface area is 123 Å². The summed E-state index contributed by atoms with van der Waals surface area (Å²) in [4.78, 5) is 12.6. The average molecular weight is 292 g/mol. The van der Waals surface area contributed by atoms with E-state index in [1.807, 2.05) is 24.3 Å². The van der Waals surface area contributed by atoms with Crippen molar-refractivity contribution in [2.75, 3.05) is 0 Å². The van der Waals surface area contributed by atoms with Gasteiger partial charge in [-0.1, -0.05) is 18.2 Å². The average Bonchev–Trinajstić information content (AvgIpc) is 2.55. The molecule has 2 heterocycles. The molecule has 5 nitrogen and oxygen atoms in total. The summed E-state index contributed by atoms with van der Waals surface area (Å²) in [6.45, 7) is 0. The SMILES string of the molecule is O=c1c2ccc(F)cc2cnn1-c1cnnc2ccccc12. The predicted molar refractivity (Wildman–Crippen MR) is 80.4 cm³/mol. The van der Waals surface area contributed by atoms with Crippen LogP contribution in [0.15, 0.2) is 59.7 Å². The highest BCUT2D eigenvalue weighted by Crippen LogP contribution is 2.18. The number of hydrogen-bond donors (Lipinski definition) is 0. The summed E-state index contributed by atoms with van der Waals surface area (Å²) in [5.74, 6) is -0.400. The molecule has 6 heteroatoms. The van der Waals surface area contributed by atoms with Gasteiger partial charge in [0.05, 0.1) is 29.0 Å². The molecule has 22 heavy (non-hydrogen) atoms. The first kappa shape index (κ1) is 12.6. The minimum Gasteiger partial charge on any atom is -0.267 e. The molecule has 0 amide bonds. The van der Waals surface area contributed by atoms with E-state index < -0.39 is 5.82 Å². The maximum atomic E-state index is 13.2. The number of rotatable bonds is 1. The molecule has 0 bridgehead atoms. The van der Waals surface area contributed by atoms with Crippen LogP contribution in [-0.2, 0) is 0 Å². The van der Waals surface area contributed by atoms with Crippen molar-refractivity contribution in [3.63, 3.8) is 0 Å². The van der Waals surface area contributed by atoms with Crippen LogP contribution >= 0.6 is 0 Å². The van der Waals surface area contributed by atoms with Gasteiger partial charge in [0, 0.05) is 10.8 Å². The number of aromatic nitrogens is 4. The Morgan fingerprint density at radius 1 is 1.00 bits per heavy atom. The molecule has 0 saturated heterocycles. The van der Waals surface area contributed by atoms with Crippen LogP contribution in [0.3, 0.4) is 0 Å². The fourth-order valence-corrected chi connectivity index (χ4v) is 2.45. The monoisotopic (exact) mass is 292 g/mol. The predicted octanol–water partition coefficient (Wildman–Crippen LogP) is 2.47. The number of hydrogen-bond acceptors (Lipinski definition) is 4. The third kappa shape index (κ3) is 1.85. The summed E-state index contributed by atoms with van der Waals surface area (Å²) < 4.78 is 14.5. The number of benzene rings is 2. The molecule has 0 aliphatic heterocycles. The molecule has 106 valence electrons. The van der Waals surface area contributed by atoms with Gasteiger partial charge in [0.2, 0.25) is 0 Å². The fourth-order valence-electron chi connectivity index (χ4n) is 2.45. The maximum absolute atomic E-state index is 13.2. The Kier molecular flexibility index (Phi) is 2.69. The summed E-state index contributed by atoms with van der Waals surface area (Å²) in [7, 11) is 0. The molecule has 0 fully saturated rings. The van der Waals surface area contributed by atoms with Crippen molar-refractivity contribution in [2.45, 2.75) is 0 Å². The van der Waals surface area contributed by atoms with Crippen LogP contribution in [0, 0.1) is 5.82 Å². The lowest BCUT2D eigenvalue weighted by Crippen LogP contribution is -2.21. The molecular formula is C16H9FN4O. The van der Waals surface area contributed by atoms with Crippen LogP contribution in [0.5, 0.6) is 0 Å². The molecule has 0 N–H and O–H groups in total. The molecule has 0 aliphatic carbocycles. The molecule has 0 spiro atoms. The summed E-state index contributed by atoms with van der Waals surface area (Å²) >= 11 is 0. The molecule has 2 aromatic carbocycles. The van der Waals surface area contributed by atoms with E-state index in [-0.39, 0.29) is 5.56 Å². The van der Waals surface area contributed by atoms with Gasteiger partial charge in [-0.3, -0.25) is 4.79 Å². The van der Waals surface area contributed by atoms with Crippen LogP contribution in [0.4, 0.5) is 4.39 Å². The van der Waals surface area contributed by atoms with E-state index in [2.05, 4.69) is 15.3 Å². The molecule has 4 aromatic rings. The smallest absolute Gasteiger partial charge is 0.267 e. The van der Waals surface area contributed by atoms with E-state index in [0.717, 1.165) is 5.39 Å². The Hall–Kier alpha value is -3.15. The molecule has 2 aromatic heterocycles. The largest absolute Gasteiger partial charge is 0.279 e. The lowest BCUT2D eigenvalue weighted by Gasteiger charge is -2.08. The highest BCUT2D eigenvalue weighted by Gasteiger charge is 2.10. The van der Waals surface area contributed by atoms with E-state index in [1.165, 1.54) is 35.3 Å². The highest BCUT2D eigenvalue weighted by atomic mass is 19.1. The molecule has 0 unspecified atom stereocenters. The zero-order valence-corrected chi connectivity index (χ0v) is 11.3. The molecule has 4 rings (SSSR count). The summed E-state index contributed by atoms with van der Waals surface area (Å²) in [6.07, 6.45) is 2.96.